The average molecular weight is 214 g/mol. The van der Waals surface area contributed by atoms with Crippen LogP contribution in [-0.4, -0.2) is 42.6 Å². The van der Waals surface area contributed by atoms with E-state index < -0.39 is 0 Å². The summed E-state index contributed by atoms with van der Waals surface area (Å²) in [5.41, 5.74) is 0.714. The van der Waals surface area contributed by atoms with Gasteiger partial charge in [-0.2, -0.15) is 0 Å². The fourth-order valence-corrected chi connectivity index (χ4v) is 4.26. The lowest BCUT2D eigenvalue weighted by Gasteiger charge is -2.36. The summed E-state index contributed by atoms with van der Waals surface area (Å²) in [5.74, 6) is 0. The van der Waals surface area contributed by atoms with Crippen LogP contribution < -0.4 is 0 Å². The summed E-state index contributed by atoms with van der Waals surface area (Å²) in [6.07, 6.45) is 0. The summed E-state index contributed by atoms with van der Waals surface area (Å²) < 4.78 is 5.42. The second-order valence-corrected chi connectivity index (χ2v) is 8.25. The highest BCUT2D eigenvalue weighted by atomic mass is 28.2. The third-order valence-electron chi connectivity index (χ3n) is 3.15. The molecule has 3 heteroatoms. The third kappa shape index (κ3) is 2.58. The molecule has 2 nitrogen and oxygen atoms in total. The second kappa shape index (κ2) is 3.61. The van der Waals surface area contributed by atoms with E-state index in [4.69, 9.17) is 0 Å². The summed E-state index contributed by atoms with van der Waals surface area (Å²) in [6, 6.07) is 0.737. The van der Waals surface area contributed by atoms with Crippen LogP contribution in [0.3, 0.4) is 0 Å². The van der Waals surface area contributed by atoms with E-state index in [1.54, 1.807) is 0 Å². The van der Waals surface area contributed by atoms with Gasteiger partial charge in [0, 0.05) is 23.7 Å². The zero-order chi connectivity index (χ0) is 11.1. The Morgan fingerprint density at radius 1 is 1.00 bits per heavy atom. The van der Waals surface area contributed by atoms with Crippen molar-refractivity contribution >= 4 is 9.84 Å². The SMILES string of the molecule is CC1CN(C(C)(C)C)[SiH2]N1C(C)(C)C. The Balaban J connectivity index is 2.70. The second-order valence-electron chi connectivity index (χ2n) is 6.52. The molecule has 1 fully saturated rings. The monoisotopic (exact) mass is 214 g/mol. The molecule has 0 saturated carbocycles. The van der Waals surface area contributed by atoms with Gasteiger partial charge in [-0.15, -0.1) is 0 Å². The van der Waals surface area contributed by atoms with Crippen molar-refractivity contribution in [1.29, 1.82) is 0 Å². The maximum absolute atomic E-state index is 2.72. The van der Waals surface area contributed by atoms with E-state index in [-0.39, 0.29) is 9.84 Å². The van der Waals surface area contributed by atoms with Crippen LogP contribution in [0, 0.1) is 0 Å². The molecule has 0 aliphatic carbocycles. The Bertz CT molecular complexity index is 202. The van der Waals surface area contributed by atoms with Crippen molar-refractivity contribution in [3.05, 3.63) is 0 Å². The van der Waals surface area contributed by atoms with E-state index >= 15 is 0 Å². The van der Waals surface area contributed by atoms with Gasteiger partial charge in [0.05, 0.1) is 0 Å². The Kier molecular flexibility index (Phi) is 3.15. The Hall–Kier alpha value is 0.137. The average Bonchev–Trinajstić information content (AvgIpc) is 2.27. The first-order valence-corrected chi connectivity index (χ1v) is 6.90. The normalized spacial score (nSPS) is 28.9. The first-order chi connectivity index (χ1) is 6.12. The van der Waals surface area contributed by atoms with E-state index in [0.29, 0.717) is 11.1 Å². The topological polar surface area (TPSA) is 6.48 Å². The van der Waals surface area contributed by atoms with Crippen LogP contribution >= 0.6 is 0 Å². The van der Waals surface area contributed by atoms with Crippen molar-refractivity contribution < 1.29 is 0 Å². The van der Waals surface area contributed by atoms with Crippen molar-refractivity contribution in [3.63, 3.8) is 0 Å². The summed E-state index contributed by atoms with van der Waals surface area (Å²) in [4.78, 5) is 0. The molecule has 0 bridgehead atoms. The summed E-state index contributed by atoms with van der Waals surface area (Å²) in [5, 5.41) is 0. The molecule has 0 aromatic heterocycles. The van der Waals surface area contributed by atoms with Crippen molar-refractivity contribution in [2.24, 2.45) is 0 Å². The molecular weight excluding hydrogens is 188 g/mol. The molecule has 0 aromatic carbocycles. The van der Waals surface area contributed by atoms with Gasteiger partial charge in [-0.25, -0.2) is 0 Å². The Morgan fingerprint density at radius 3 is 1.71 bits per heavy atom. The first kappa shape index (κ1) is 12.2. The van der Waals surface area contributed by atoms with E-state index in [9.17, 15) is 0 Å². The molecule has 1 atom stereocenters. The molecular formula is C11H26N2Si. The zero-order valence-electron chi connectivity index (χ0n) is 10.9. The van der Waals surface area contributed by atoms with Gasteiger partial charge in [-0.1, -0.05) is 0 Å². The van der Waals surface area contributed by atoms with Crippen LogP contribution in [-0.2, 0) is 0 Å². The molecule has 1 aliphatic rings. The first-order valence-electron chi connectivity index (χ1n) is 5.64. The van der Waals surface area contributed by atoms with E-state index in [0.717, 1.165) is 6.04 Å². The third-order valence-corrected chi connectivity index (χ3v) is 6.58. The van der Waals surface area contributed by atoms with Crippen molar-refractivity contribution in [2.45, 2.75) is 65.6 Å². The van der Waals surface area contributed by atoms with Crippen LogP contribution in [0.4, 0.5) is 0 Å². The van der Waals surface area contributed by atoms with E-state index in [2.05, 4.69) is 57.6 Å². The highest BCUT2D eigenvalue weighted by Crippen LogP contribution is 2.26. The van der Waals surface area contributed by atoms with Crippen LogP contribution in [0.5, 0.6) is 0 Å². The van der Waals surface area contributed by atoms with Crippen molar-refractivity contribution in [2.75, 3.05) is 6.54 Å². The number of nitrogens with zero attached hydrogens (tertiary/aromatic N) is 2. The quantitative estimate of drug-likeness (QED) is 0.565. The van der Waals surface area contributed by atoms with E-state index in [1.165, 1.54) is 6.54 Å². The predicted molar refractivity (Wildman–Crippen MR) is 66.1 cm³/mol. The van der Waals surface area contributed by atoms with Gasteiger partial charge in [0.15, 0.2) is 9.84 Å². The maximum atomic E-state index is 2.72. The number of hydrogen-bond acceptors (Lipinski definition) is 2. The smallest absolute Gasteiger partial charge is 0.174 e. The molecule has 0 N–H and O–H groups in total. The highest BCUT2D eigenvalue weighted by Gasteiger charge is 2.38. The molecule has 1 rings (SSSR count). The standard InChI is InChI=1S/C11H26N2Si/c1-9-8-12(10(2,3)4)14-13(9)11(5,6)7/h9H,8,14H2,1-7H3. The van der Waals surface area contributed by atoms with Gasteiger partial charge in [0.2, 0.25) is 0 Å². The van der Waals surface area contributed by atoms with Gasteiger partial charge < -0.3 is 9.13 Å². The van der Waals surface area contributed by atoms with Gasteiger partial charge in [-0.3, -0.25) is 0 Å². The van der Waals surface area contributed by atoms with Crippen molar-refractivity contribution in [1.82, 2.24) is 9.13 Å². The maximum Gasteiger partial charge on any atom is 0.174 e. The minimum Gasteiger partial charge on any atom is -0.310 e. The molecule has 1 saturated heterocycles. The summed E-state index contributed by atoms with van der Waals surface area (Å²) in [7, 11) is -0.218. The minimum absolute atomic E-state index is 0.218. The lowest BCUT2D eigenvalue weighted by Crippen LogP contribution is -2.48. The van der Waals surface area contributed by atoms with Gasteiger partial charge in [0.25, 0.3) is 0 Å². The zero-order valence-corrected chi connectivity index (χ0v) is 12.3. The molecule has 14 heavy (non-hydrogen) atoms. The lowest BCUT2D eigenvalue weighted by molar-refractivity contribution is 0.216. The van der Waals surface area contributed by atoms with E-state index in [1.807, 2.05) is 0 Å². The minimum atomic E-state index is -0.218. The van der Waals surface area contributed by atoms with Crippen molar-refractivity contribution in [3.8, 4) is 0 Å². The molecule has 1 unspecified atom stereocenters. The van der Waals surface area contributed by atoms with Gasteiger partial charge in [0.1, 0.15) is 0 Å². The van der Waals surface area contributed by atoms with Crippen LogP contribution in [0.25, 0.3) is 0 Å². The largest absolute Gasteiger partial charge is 0.310 e. The lowest BCUT2D eigenvalue weighted by atomic mass is 10.1. The molecule has 0 amide bonds. The van der Waals surface area contributed by atoms with Crippen LogP contribution in [0.2, 0.25) is 0 Å². The van der Waals surface area contributed by atoms with Gasteiger partial charge >= 0.3 is 0 Å². The van der Waals surface area contributed by atoms with Crippen LogP contribution in [0.15, 0.2) is 0 Å². The fraction of sp³-hybridized carbons (Fsp3) is 1.00. The Morgan fingerprint density at radius 2 is 1.50 bits per heavy atom. The predicted octanol–water partition coefficient (Wildman–Crippen LogP) is 1.59. The summed E-state index contributed by atoms with van der Waals surface area (Å²) >= 11 is 0. The Labute approximate surface area is 91.6 Å². The van der Waals surface area contributed by atoms with Crippen LogP contribution in [0.1, 0.15) is 48.5 Å². The fourth-order valence-electron chi connectivity index (χ4n) is 2.16. The number of hydrogen-bond donors (Lipinski definition) is 0. The molecule has 0 aromatic rings. The summed E-state index contributed by atoms with van der Waals surface area (Å²) in [6.45, 7) is 17.6. The highest BCUT2D eigenvalue weighted by molar-refractivity contribution is 6.30. The number of rotatable bonds is 0. The molecule has 1 heterocycles. The van der Waals surface area contributed by atoms with Gasteiger partial charge in [-0.05, 0) is 48.5 Å². The molecule has 84 valence electrons. The molecule has 0 spiro atoms. The molecule has 1 aliphatic heterocycles. The molecule has 0 radical (unpaired) electrons.